The monoisotopic (exact) mass is 337 g/mol. The second-order valence-electron chi connectivity index (χ2n) is 4.91. The van der Waals surface area contributed by atoms with Crippen molar-refractivity contribution in [3.8, 4) is 5.75 Å². The molecule has 0 saturated heterocycles. The quantitative estimate of drug-likeness (QED) is 0.843. The van der Waals surface area contributed by atoms with Crippen LogP contribution in [0.1, 0.15) is 19.4 Å². The Balaban J connectivity index is 1.88. The number of hydrogen-bond acceptors (Lipinski definition) is 3. The van der Waals surface area contributed by atoms with Gasteiger partial charge in [0.15, 0.2) is 0 Å². The highest BCUT2D eigenvalue weighted by atomic mass is 79.9. The SMILES string of the molecule is CC(C)NCc1ccccc1OCCn1cc(Br)cn1. The van der Waals surface area contributed by atoms with Crippen LogP contribution in [-0.4, -0.2) is 22.4 Å². The van der Waals surface area contributed by atoms with Crippen LogP contribution in [0.25, 0.3) is 0 Å². The Morgan fingerprint density at radius 1 is 1.35 bits per heavy atom. The number of para-hydroxylation sites is 1. The van der Waals surface area contributed by atoms with Gasteiger partial charge >= 0.3 is 0 Å². The van der Waals surface area contributed by atoms with Gasteiger partial charge < -0.3 is 10.1 Å². The second kappa shape index (κ2) is 7.45. The molecule has 0 saturated carbocycles. The van der Waals surface area contributed by atoms with E-state index in [2.05, 4.69) is 46.3 Å². The van der Waals surface area contributed by atoms with Crippen molar-refractivity contribution in [1.82, 2.24) is 15.1 Å². The first-order valence-electron chi connectivity index (χ1n) is 6.77. The Morgan fingerprint density at radius 3 is 2.85 bits per heavy atom. The van der Waals surface area contributed by atoms with Gasteiger partial charge in [0.05, 0.1) is 17.2 Å². The van der Waals surface area contributed by atoms with Crippen molar-refractivity contribution in [3.05, 3.63) is 46.7 Å². The van der Waals surface area contributed by atoms with Crippen LogP contribution < -0.4 is 10.1 Å². The highest BCUT2D eigenvalue weighted by Crippen LogP contribution is 2.18. The normalized spacial score (nSPS) is 11.0. The van der Waals surface area contributed by atoms with Gasteiger partial charge in [-0.15, -0.1) is 0 Å². The third-order valence-corrected chi connectivity index (χ3v) is 3.26. The molecule has 2 aromatic rings. The second-order valence-corrected chi connectivity index (χ2v) is 5.83. The number of halogens is 1. The largest absolute Gasteiger partial charge is 0.491 e. The van der Waals surface area contributed by atoms with Gasteiger partial charge in [0.1, 0.15) is 12.4 Å². The molecular formula is C15H20BrN3O. The van der Waals surface area contributed by atoms with E-state index in [1.54, 1.807) is 6.20 Å². The summed E-state index contributed by atoms with van der Waals surface area (Å²) in [5.74, 6) is 0.937. The fourth-order valence-electron chi connectivity index (χ4n) is 1.81. The number of benzene rings is 1. The van der Waals surface area contributed by atoms with Crippen LogP contribution in [0.2, 0.25) is 0 Å². The lowest BCUT2D eigenvalue weighted by Gasteiger charge is -2.13. The van der Waals surface area contributed by atoms with E-state index in [0.29, 0.717) is 12.6 Å². The highest BCUT2D eigenvalue weighted by molar-refractivity contribution is 9.10. The molecule has 5 heteroatoms. The molecule has 2 rings (SSSR count). The lowest BCUT2D eigenvalue weighted by atomic mass is 10.2. The van der Waals surface area contributed by atoms with Crippen molar-refractivity contribution in [1.29, 1.82) is 0 Å². The van der Waals surface area contributed by atoms with Crippen molar-refractivity contribution in [2.45, 2.75) is 33.0 Å². The maximum atomic E-state index is 5.87. The summed E-state index contributed by atoms with van der Waals surface area (Å²) in [7, 11) is 0. The van der Waals surface area contributed by atoms with Crippen molar-refractivity contribution in [3.63, 3.8) is 0 Å². The minimum atomic E-state index is 0.462. The summed E-state index contributed by atoms with van der Waals surface area (Å²) in [5, 5.41) is 7.62. The Morgan fingerprint density at radius 2 is 2.15 bits per heavy atom. The van der Waals surface area contributed by atoms with E-state index in [4.69, 9.17) is 4.74 Å². The smallest absolute Gasteiger partial charge is 0.123 e. The Labute approximate surface area is 128 Å². The molecule has 0 unspecified atom stereocenters. The summed E-state index contributed by atoms with van der Waals surface area (Å²) >= 11 is 3.38. The minimum Gasteiger partial charge on any atom is -0.491 e. The molecule has 0 aliphatic heterocycles. The number of aromatic nitrogens is 2. The fraction of sp³-hybridized carbons (Fsp3) is 0.400. The fourth-order valence-corrected chi connectivity index (χ4v) is 2.14. The molecule has 0 bridgehead atoms. The van der Waals surface area contributed by atoms with E-state index in [9.17, 15) is 0 Å². The number of nitrogens with zero attached hydrogens (tertiary/aromatic N) is 2. The molecular weight excluding hydrogens is 318 g/mol. The molecule has 1 heterocycles. The van der Waals surface area contributed by atoms with Gasteiger partial charge in [0.25, 0.3) is 0 Å². The molecule has 0 radical (unpaired) electrons. The van der Waals surface area contributed by atoms with Gasteiger partial charge in [0.2, 0.25) is 0 Å². The zero-order valence-electron chi connectivity index (χ0n) is 11.8. The zero-order chi connectivity index (χ0) is 14.4. The first-order valence-corrected chi connectivity index (χ1v) is 7.56. The summed E-state index contributed by atoms with van der Waals surface area (Å²) in [6.45, 7) is 6.43. The Bertz CT molecular complexity index is 539. The van der Waals surface area contributed by atoms with Crippen LogP contribution in [0.15, 0.2) is 41.1 Å². The van der Waals surface area contributed by atoms with E-state index < -0.39 is 0 Å². The lowest BCUT2D eigenvalue weighted by Crippen LogP contribution is -2.22. The predicted octanol–water partition coefficient (Wildman–Crippen LogP) is 3.22. The van der Waals surface area contributed by atoms with E-state index in [1.165, 1.54) is 5.56 Å². The molecule has 1 aromatic heterocycles. The van der Waals surface area contributed by atoms with Crippen LogP contribution in [0.4, 0.5) is 0 Å². The number of rotatable bonds is 7. The number of hydrogen-bond donors (Lipinski definition) is 1. The summed E-state index contributed by atoms with van der Waals surface area (Å²) < 4.78 is 8.71. The standard InChI is InChI=1S/C15H20BrN3O/c1-12(2)17-9-13-5-3-4-6-15(13)20-8-7-19-11-14(16)10-18-19/h3-6,10-12,17H,7-9H2,1-2H3. The van der Waals surface area contributed by atoms with Crippen LogP contribution >= 0.6 is 15.9 Å². The molecule has 4 nitrogen and oxygen atoms in total. The minimum absolute atomic E-state index is 0.462. The van der Waals surface area contributed by atoms with Crippen molar-refractivity contribution in [2.24, 2.45) is 0 Å². The van der Waals surface area contributed by atoms with Crippen LogP contribution in [0, 0.1) is 0 Å². The lowest BCUT2D eigenvalue weighted by molar-refractivity contribution is 0.287. The Hall–Kier alpha value is -1.33. The van der Waals surface area contributed by atoms with Crippen LogP contribution in [-0.2, 0) is 13.1 Å². The van der Waals surface area contributed by atoms with Gasteiger partial charge in [-0.3, -0.25) is 4.68 Å². The van der Waals surface area contributed by atoms with Crippen LogP contribution in [0.3, 0.4) is 0 Å². The van der Waals surface area contributed by atoms with Crippen molar-refractivity contribution in [2.75, 3.05) is 6.61 Å². The molecule has 20 heavy (non-hydrogen) atoms. The zero-order valence-corrected chi connectivity index (χ0v) is 13.4. The van der Waals surface area contributed by atoms with Crippen molar-refractivity contribution >= 4 is 15.9 Å². The molecule has 0 fully saturated rings. The summed E-state index contributed by atoms with van der Waals surface area (Å²) in [6.07, 6.45) is 3.72. The third-order valence-electron chi connectivity index (χ3n) is 2.85. The van der Waals surface area contributed by atoms with Gasteiger partial charge in [-0.05, 0) is 22.0 Å². The summed E-state index contributed by atoms with van der Waals surface area (Å²) in [6, 6.07) is 8.60. The molecule has 1 aromatic carbocycles. The molecule has 0 spiro atoms. The Kier molecular flexibility index (Phi) is 5.61. The van der Waals surface area contributed by atoms with E-state index >= 15 is 0 Å². The summed E-state index contributed by atoms with van der Waals surface area (Å²) in [4.78, 5) is 0. The highest BCUT2D eigenvalue weighted by Gasteiger charge is 2.04. The predicted molar refractivity (Wildman–Crippen MR) is 83.8 cm³/mol. The molecule has 108 valence electrons. The third kappa shape index (κ3) is 4.65. The molecule has 0 aliphatic rings. The molecule has 1 N–H and O–H groups in total. The first-order chi connectivity index (χ1) is 9.65. The molecule has 0 amide bonds. The van der Waals surface area contributed by atoms with E-state index in [1.807, 2.05) is 29.1 Å². The molecule has 0 atom stereocenters. The van der Waals surface area contributed by atoms with Gasteiger partial charge in [0, 0.05) is 24.3 Å². The van der Waals surface area contributed by atoms with E-state index in [0.717, 1.165) is 23.3 Å². The van der Waals surface area contributed by atoms with Gasteiger partial charge in [-0.25, -0.2) is 0 Å². The number of ether oxygens (including phenoxy) is 1. The van der Waals surface area contributed by atoms with Crippen LogP contribution in [0.5, 0.6) is 5.75 Å². The van der Waals surface area contributed by atoms with Gasteiger partial charge in [-0.1, -0.05) is 32.0 Å². The maximum absolute atomic E-state index is 5.87. The first kappa shape index (κ1) is 15.1. The average molecular weight is 338 g/mol. The van der Waals surface area contributed by atoms with Crippen molar-refractivity contribution < 1.29 is 4.74 Å². The topological polar surface area (TPSA) is 39.1 Å². The molecule has 0 aliphatic carbocycles. The van der Waals surface area contributed by atoms with E-state index in [-0.39, 0.29) is 0 Å². The summed E-state index contributed by atoms with van der Waals surface area (Å²) in [5.41, 5.74) is 1.18. The number of nitrogens with one attached hydrogen (secondary N) is 1. The van der Waals surface area contributed by atoms with Gasteiger partial charge in [-0.2, -0.15) is 5.10 Å². The average Bonchev–Trinajstić information content (AvgIpc) is 2.83. The maximum Gasteiger partial charge on any atom is 0.123 e.